The summed E-state index contributed by atoms with van der Waals surface area (Å²) >= 11 is 0. The lowest BCUT2D eigenvalue weighted by Gasteiger charge is -2.35. The van der Waals surface area contributed by atoms with Crippen LogP contribution in [0.5, 0.6) is 0 Å². The summed E-state index contributed by atoms with van der Waals surface area (Å²) in [5, 5.41) is 0. The minimum absolute atomic E-state index is 0.121. The summed E-state index contributed by atoms with van der Waals surface area (Å²) in [5.74, 6) is 0.123. The summed E-state index contributed by atoms with van der Waals surface area (Å²) in [6.07, 6.45) is 1.29. The number of nitrogens with one attached hydrogen (secondary N) is 1. The second kappa shape index (κ2) is 6.61. The second-order valence-corrected chi connectivity index (χ2v) is 8.97. The van der Waals surface area contributed by atoms with E-state index in [9.17, 15) is 13.2 Å². The molecule has 1 aliphatic rings. The average Bonchev–Trinajstić information content (AvgIpc) is 2.46. The van der Waals surface area contributed by atoms with Gasteiger partial charge in [-0.3, -0.25) is 4.79 Å². The first-order valence-corrected chi connectivity index (χ1v) is 9.46. The van der Waals surface area contributed by atoms with Crippen LogP contribution in [-0.2, 0) is 14.8 Å². The summed E-state index contributed by atoms with van der Waals surface area (Å²) in [5.41, 5.74) is 0.520. The Hall–Kier alpha value is -1.40. The first-order chi connectivity index (χ1) is 10.6. The van der Waals surface area contributed by atoms with E-state index in [-0.39, 0.29) is 11.9 Å². The molecule has 1 saturated heterocycles. The largest absolute Gasteiger partial charge is 0.342 e. The minimum Gasteiger partial charge on any atom is -0.342 e. The standard InChI is InChI=1S/C17H26N2O3S/c1-13-6-5-7-15(12-13)23(21,22)18-14-8-10-19(11-9-14)16(20)17(2,3)4/h5-7,12,14,18H,8-11H2,1-4H3. The fraction of sp³-hybridized carbons (Fsp3) is 0.588. The molecule has 1 N–H and O–H groups in total. The topological polar surface area (TPSA) is 66.5 Å². The van der Waals surface area contributed by atoms with Gasteiger partial charge >= 0.3 is 0 Å². The zero-order chi connectivity index (χ0) is 17.3. The Morgan fingerprint density at radius 1 is 1.22 bits per heavy atom. The van der Waals surface area contributed by atoms with Crippen molar-refractivity contribution in [3.8, 4) is 0 Å². The van der Waals surface area contributed by atoms with Gasteiger partial charge in [0.1, 0.15) is 0 Å². The molecule has 0 spiro atoms. The van der Waals surface area contributed by atoms with E-state index in [1.165, 1.54) is 0 Å². The zero-order valence-electron chi connectivity index (χ0n) is 14.3. The summed E-state index contributed by atoms with van der Waals surface area (Å²) < 4.78 is 27.6. The van der Waals surface area contributed by atoms with Gasteiger partial charge in [-0.15, -0.1) is 0 Å². The smallest absolute Gasteiger partial charge is 0.240 e. The van der Waals surface area contributed by atoms with Gasteiger partial charge in [0.25, 0.3) is 0 Å². The van der Waals surface area contributed by atoms with Crippen molar-refractivity contribution in [3.63, 3.8) is 0 Å². The minimum atomic E-state index is -3.50. The Labute approximate surface area is 139 Å². The van der Waals surface area contributed by atoms with E-state index in [1.807, 2.05) is 38.7 Å². The van der Waals surface area contributed by atoms with Crippen LogP contribution in [-0.4, -0.2) is 38.4 Å². The average molecular weight is 338 g/mol. The molecular formula is C17H26N2O3S. The van der Waals surface area contributed by atoms with Crippen molar-refractivity contribution in [2.45, 2.75) is 51.5 Å². The van der Waals surface area contributed by atoms with Crippen LogP contribution in [0.2, 0.25) is 0 Å². The molecule has 2 rings (SSSR count). The Morgan fingerprint density at radius 2 is 1.83 bits per heavy atom. The highest BCUT2D eigenvalue weighted by Crippen LogP contribution is 2.22. The molecule has 0 unspecified atom stereocenters. The summed E-state index contributed by atoms with van der Waals surface area (Å²) in [7, 11) is -3.50. The Balaban J connectivity index is 1.98. The Kier molecular flexibility index (Phi) is 5.16. The highest BCUT2D eigenvalue weighted by molar-refractivity contribution is 7.89. The number of nitrogens with zero attached hydrogens (tertiary/aromatic N) is 1. The van der Waals surface area contributed by atoms with E-state index in [1.54, 1.807) is 18.2 Å². The third-order valence-corrected chi connectivity index (χ3v) is 5.56. The molecule has 1 heterocycles. The predicted octanol–water partition coefficient (Wildman–Crippen LogP) is 2.31. The van der Waals surface area contributed by atoms with Crippen LogP contribution < -0.4 is 4.72 Å². The van der Waals surface area contributed by atoms with Gasteiger partial charge in [0.15, 0.2) is 0 Å². The van der Waals surface area contributed by atoms with Crippen molar-refractivity contribution in [2.24, 2.45) is 5.41 Å². The molecule has 0 aliphatic carbocycles. The molecule has 1 fully saturated rings. The third kappa shape index (κ3) is 4.54. The van der Waals surface area contributed by atoms with Crippen LogP contribution in [0.15, 0.2) is 29.2 Å². The van der Waals surface area contributed by atoms with Crippen molar-refractivity contribution in [1.29, 1.82) is 0 Å². The molecule has 23 heavy (non-hydrogen) atoms. The molecule has 1 aromatic rings. The maximum Gasteiger partial charge on any atom is 0.240 e. The number of likely N-dealkylation sites (tertiary alicyclic amines) is 1. The number of piperidine rings is 1. The molecule has 1 amide bonds. The SMILES string of the molecule is Cc1cccc(S(=O)(=O)NC2CCN(C(=O)C(C)(C)C)CC2)c1. The molecule has 0 radical (unpaired) electrons. The molecule has 1 aliphatic heterocycles. The van der Waals surface area contributed by atoms with Crippen molar-refractivity contribution >= 4 is 15.9 Å². The zero-order valence-corrected chi connectivity index (χ0v) is 15.1. The van der Waals surface area contributed by atoms with E-state index in [4.69, 9.17) is 0 Å². The first-order valence-electron chi connectivity index (χ1n) is 7.98. The van der Waals surface area contributed by atoms with Crippen molar-refractivity contribution in [1.82, 2.24) is 9.62 Å². The lowest BCUT2D eigenvalue weighted by molar-refractivity contribution is -0.140. The van der Waals surface area contributed by atoms with Crippen molar-refractivity contribution in [3.05, 3.63) is 29.8 Å². The van der Waals surface area contributed by atoms with Crippen LogP contribution in [0.3, 0.4) is 0 Å². The quantitative estimate of drug-likeness (QED) is 0.920. The Bertz CT molecular complexity index is 669. The van der Waals surface area contributed by atoms with Gasteiger partial charge in [0, 0.05) is 24.5 Å². The fourth-order valence-corrected chi connectivity index (χ4v) is 4.15. The summed E-state index contributed by atoms with van der Waals surface area (Å²) in [6.45, 7) is 8.77. The number of hydrogen-bond donors (Lipinski definition) is 1. The number of carbonyl (C=O) groups is 1. The molecule has 0 saturated carbocycles. The number of sulfonamides is 1. The number of benzene rings is 1. The fourth-order valence-electron chi connectivity index (χ4n) is 2.74. The number of amides is 1. The predicted molar refractivity (Wildman–Crippen MR) is 90.6 cm³/mol. The monoisotopic (exact) mass is 338 g/mol. The third-order valence-electron chi connectivity index (χ3n) is 4.05. The van der Waals surface area contributed by atoms with E-state index in [0.29, 0.717) is 30.8 Å². The summed E-state index contributed by atoms with van der Waals surface area (Å²) in [6, 6.07) is 6.77. The molecular weight excluding hydrogens is 312 g/mol. The number of carbonyl (C=O) groups excluding carboxylic acids is 1. The van der Waals surface area contributed by atoms with Crippen LogP contribution >= 0.6 is 0 Å². The number of aryl methyl sites for hydroxylation is 1. The normalized spacial score (nSPS) is 17.3. The van der Waals surface area contributed by atoms with Gasteiger partial charge in [-0.05, 0) is 37.5 Å². The summed E-state index contributed by atoms with van der Waals surface area (Å²) in [4.78, 5) is 14.4. The molecule has 0 bridgehead atoms. The van der Waals surface area contributed by atoms with Crippen LogP contribution in [0.1, 0.15) is 39.2 Å². The van der Waals surface area contributed by atoms with E-state index in [2.05, 4.69) is 4.72 Å². The van der Waals surface area contributed by atoms with Crippen molar-refractivity contribution < 1.29 is 13.2 Å². The van der Waals surface area contributed by atoms with Gasteiger partial charge in [-0.2, -0.15) is 0 Å². The number of hydrogen-bond acceptors (Lipinski definition) is 3. The molecule has 5 nitrogen and oxygen atoms in total. The first kappa shape index (κ1) is 17.9. The molecule has 0 atom stereocenters. The van der Waals surface area contributed by atoms with Crippen LogP contribution in [0.25, 0.3) is 0 Å². The molecule has 0 aromatic heterocycles. The van der Waals surface area contributed by atoms with Gasteiger partial charge in [0.2, 0.25) is 15.9 Å². The molecule has 1 aromatic carbocycles. The van der Waals surface area contributed by atoms with E-state index >= 15 is 0 Å². The lowest BCUT2D eigenvalue weighted by Crippen LogP contribution is -2.49. The van der Waals surface area contributed by atoms with Gasteiger partial charge < -0.3 is 4.90 Å². The van der Waals surface area contributed by atoms with Crippen LogP contribution in [0.4, 0.5) is 0 Å². The highest BCUT2D eigenvalue weighted by atomic mass is 32.2. The van der Waals surface area contributed by atoms with E-state index in [0.717, 1.165) is 5.56 Å². The second-order valence-electron chi connectivity index (χ2n) is 7.25. The molecule has 128 valence electrons. The number of rotatable bonds is 3. The lowest BCUT2D eigenvalue weighted by atomic mass is 9.93. The van der Waals surface area contributed by atoms with Gasteiger partial charge in [-0.1, -0.05) is 32.9 Å². The maximum absolute atomic E-state index is 12.4. The Morgan fingerprint density at radius 3 is 2.35 bits per heavy atom. The van der Waals surface area contributed by atoms with Gasteiger partial charge in [-0.25, -0.2) is 13.1 Å². The van der Waals surface area contributed by atoms with Crippen LogP contribution in [0, 0.1) is 12.3 Å². The van der Waals surface area contributed by atoms with Gasteiger partial charge in [0.05, 0.1) is 4.90 Å². The van der Waals surface area contributed by atoms with E-state index < -0.39 is 15.4 Å². The molecule has 6 heteroatoms. The van der Waals surface area contributed by atoms with Crippen molar-refractivity contribution in [2.75, 3.05) is 13.1 Å². The maximum atomic E-state index is 12.4. The highest BCUT2D eigenvalue weighted by Gasteiger charge is 2.31.